The molecule has 0 heterocycles. The van der Waals surface area contributed by atoms with Crippen molar-refractivity contribution in [2.75, 3.05) is 0 Å². The molecule has 1 nitrogen and oxygen atoms in total. The Labute approximate surface area is 61.8 Å². The van der Waals surface area contributed by atoms with Crippen molar-refractivity contribution >= 4 is 22.2 Å². The third-order valence-electron chi connectivity index (χ3n) is 0.962. The summed E-state index contributed by atoms with van der Waals surface area (Å²) in [5, 5.41) is 0. The van der Waals surface area contributed by atoms with Crippen molar-refractivity contribution in [3.8, 4) is 0 Å². The van der Waals surface area contributed by atoms with Crippen LogP contribution in [-0.2, 0) is 4.79 Å². The topological polar surface area (TPSA) is 17.1 Å². The summed E-state index contributed by atoms with van der Waals surface area (Å²) in [6.07, 6.45) is 1.78. The molecule has 0 fully saturated rings. The van der Waals surface area contributed by atoms with E-state index in [1.54, 1.807) is 30.6 Å². The number of carbonyl (C=O) groups excluding carboxylic acids is 1. The summed E-state index contributed by atoms with van der Waals surface area (Å²) in [7, 11) is 0. The van der Waals surface area contributed by atoms with E-state index < -0.39 is 0 Å². The van der Waals surface area contributed by atoms with E-state index in [1.807, 2.05) is 0 Å². The average molecular weight is 184 g/mol. The highest BCUT2D eigenvalue weighted by atomic mass is 79.9. The Kier molecular flexibility index (Phi) is 1.93. The summed E-state index contributed by atoms with van der Waals surface area (Å²) >= 11 is 3.24. The van der Waals surface area contributed by atoms with Crippen molar-refractivity contribution in [3.63, 3.8) is 0 Å². The highest BCUT2D eigenvalue weighted by Gasteiger charge is 1.98. The number of hydrogen-bond donors (Lipinski definition) is 0. The quantitative estimate of drug-likeness (QED) is 0.609. The summed E-state index contributed by atoms with van der Waals surface area (Å²) in [6, 6.07) is 7.02. The highest BCUT2D eigenvalue weighted by molar-refractivity contribution is 9.10. The standard InChI is InChI=1S/C7H4BrO/c8-7-3-1-6(5-9)2-4-7/h1-4H/q+1. The molecule has 0 N–H and O–H groups in total. The van der Waals surface area contributed by atoms with Crippen molar-refractivity contribution in [1.29, 1.82) is 0 Å². The Bertz CT molecular complexity index is 203. The zero-order chi connectivity index (χ0) is 6.69. The minimum atomic E-state index is 0.582. The van der Waals surface area contributed by atoms with E-state index in [0.29, 0.717) is 5.56 Å². The van der Waals surface area contributed by atoms with Gasteiger partial charge in [0.15, 0.2) is 0 Å². The molecule has 1 rings (SSSR count). The molecule has 0 saturated carbocycles. The lowest BCUT2D eigenvalue weighted by Gasteiger charge is -1.78. The Hall–Kier alpha value is -0.720. The molecule has 44 valence electrons. The first kappa shape index (κ1) is 6.40. The molecule has 1 aromatic carbocycles. The SMILES string of the molecule is O=[C+]c1ccc(Br)cc1. The van der Waals surface area contributed by atoms with Gasteiger partial charge in [-0.2, -0.15) is 0 Å². The Morgan fingerprint density at radius 3 is 2.22 bits per heavy atom. The van der Waals surface area contributed by atoms with Gasteiger partial charge in [0.1, 0.15) is 0 Å². The van der Waals surface area contributed by atoms with Gasteiger partial charge in [-0.3, -0.25) is 0 Å². The average Bonchev–Trinajstić information content (AvgIpc) is 1.90. The van der Waals surface area contributed by atoms with Crippen LogP contribution in [0, 0.1) is 0 Å². The lowest BCUT2D eigenvalue weighted by molar-refractivity contribution is 0.563. The Balaban J connectivity index is 3.01. The van der Waals surface area contributed by atoms with Crippen molar-refractivity contribution in [3.05, 3.63) is 34.3 Å². The predicted octanol–water partition coefficient (Wildman–Crippen LogP) is 1.91. The van der Waals surface area contributed by atoms with E-state index in [-0.39, 0.29) is 0 Å². The number of rotatable bonds is 1. The summed E-state index contributed by atoms with van der Waals surface area (Å²) in [6.45, 7) is 0. The normalized spacial score (nSPS) is 8.56. The molecule has 0 aliphatic carbocycles. The van der Waals surface area contributed by atoms with Crippen LogP contribution in [0.3, 0.4) is 0 Å². The molecular weight excluding hydrogens is 180 g/mol. The van der Waals surface area contributed by atoms with E-state index in [4.69, 9.17) is 0 Å². The van der Waals surface area contributed by atoms with Crippen molar-refractivity contribution in [2.24, 2.45) is 0 Å². The van der Waals surface area contributed by atoms with Crippen LogP contribution >= 0.6 is 15.9 Å². The van der Waals surface area contributed by atoms with E-state index in [9.17, 15) is 4.79 Å². The second-order valence-corrected chi connectivity index (χ2v) is 2.52. The van der Waals surface area contributed by atoms with E-state index in [2.05, 4.69) is 15.9 Å². The maximum Gasteiger partial charge on any atom is 0.303 e. The van der Waals surface area contributed by atoms with Gasteiger partial charge in [-0.1, -0.05) is 0 Å². The molecule has 0 spiro atoms. The molecule has 9 heavy (non-hydrogen) atoms. The highest BCUT2D eigenvalue weighted by Crippen LogP contribution is 2.08. The number of hydrogen-bond acceptors (Lipinski definition) is 1. The second kappa shape index (κ2) is 2.72. The van der Waals surface area contributed by atoms with Crippen molar-refractivity contribution in [2.45, 2.75) is 0 Å². The summed E-state index contributed by atoms with van der Waals surface area (Å²) in [4.78, 5) is 9.98. The Morgan fingerprint density at radius 1 is 1.22 bits per heavy atom. The molecule has 0 aromatic heterocycles. The van der Waals surface area contributed by atoms with Gasteiger partial charge in [-0.15, -0.1) is 4.79 Å². The molecule has 0 atom stereocenters. The van der Waals surface area contributed by atoms with Crippen LogP contribution in [-0.4, -0.2) is 6.29 Å². The molecule has 2 heteroatoms. The second-order valence-electron chi connectivity index (χ2n) is 1.61. The number of halogens is 1. The van der Waals surface area contributed by atoms with E-state index in [1.165, 1.54) is 0 Å². The maximum atomic E-state index is 9.98. The van der Waals surface area contributed by atoms with E-state index in [0.717, 1.165) is 4.47 Å². The van der Waals surface area contributed by atoms with Crippen molar-refractivity contribution in [1.82, 2.24) is 0 Å². The number of benzene rings is 1. The first-order chi connectivity index (χ1) is 4.33. The third-order valence-corrected chi connectivity index (χ3v) is 1.49. The fraction of sp³-hybridized carbons (Fsp3) is 0. The van der Waals surface area contributed by atoms with Gasteiger partial charge in [0, 0.05) is 16.6 Å². The zero-order valence-electron chi connectivity index (χ0n) is 4.60. The van der Waals surface area contributed by atoms with Crippen LogP contribution in [0.2, 0.25) is 0 Å². The van der Waals surface area contributed by atoms with Gasteiger partial charge in [0.2, 0.25) is 5.56 Å². The first-order valence-corrected chi connectivity index (χ1v) is 3.26. The van der Waals surface area contributed by atoms with Crippen LogP contribution in [0.15, 0.2) is 28.7 Å². The van der Waals surface area contributed by atoms with E-state index >= 15 is 0 Å². The van der Waals surface area contributed by atoms with Gasteiger partial charge < -0.3 is 0 Å². The van der Waals surface area contributed by atoms with Crippen LogP contribution in [0.5, 0.6) is 0 Å². The largest absolute Gasteiger partial charge is 0.303 e. The zero-order valence-corrected chi connectivity index (χ0v) is 6.18. The fourth-order valence-corrected chi connectivity index (χ4v) is 0.782. The monoisotopic (exact) mass is 183 g/mol. The van der Waals surface area contributed by atoms with Gasteiger partial charge in [-0.25, -0.2) is 0 Å². The molecule has 0 amide bonds. The third kappa shape index (κ3) is 1.60. The summed E-state index contributed by atoms with van der Waals surface area (Å²) in [5.74, 6) is 0. The van der Waals surface area contributed by atoms with Gasteiger partial charge in [-0.05, 0) is 15.9 Å². The summed E-state index contributed by atoms with van der Waals surface area (Å²) < 4.78 is 0.974. The molecule has 0 saturated heterocycles. The molecule has 0 aliphatic rings. The smallest absolute Gasteiger partial charge is 0.141 e. The first-order valence-electron chi connectivity index (χ1n) is 2.46. The van der Waals surface area contributed by atoms with Crippen molar-refractivity contribution < 1.29 is 4.79 Å². The maximum absolute atomic E-state index is 9.98. The van der Waals surface area contributed by atoms with Gasteiger partial charge >= 0.3 is 6.29 Å². The minimum absolute atomic E-state index is 0.582. The predicted molar refractivity (Wildman–Crippen MR) is 38.9 cm³/mol. The minimum Gasteiger partial charge on any atom is -0.141 e. The molecule has 0 bridgehead atoms. The van der Waals surface area contributed by atoms with Crippen LogP contribution in [0.1, 0.15) is 5.56 Å². The Morgan fingerprint density at radius 2 is 1.78 bits per heavy atom. The molecule has 1 aromatic rings. The fourth-order valence-electron chi connectivity index (χ4n) is 0.518. The molecule has 0 unspecified atom stereocenters. The van der Waals surface area contributed by atoms with Crippen LogP contribution in [0.25, 0.3) is 0 Å². The van der Waals surface area contributed by atoms with Crippen LogP contribution < -0.4 is 0 Å². The lowest BCUT2D eigenvalue weighted by atomic mass is 10.2. The van der Waals surface area contributed by atoms with Gasteiger partial charge in [0.25, 0.3) is 0 Å². The lowest BCUT2D eigenvalue weighted by Crippen LogP contribution is -1.75. The van der Waals surface area contributed by atoms with Gasteiger partial charge in [0.05, 0.1) is 12.1 Å². The van der Waals surface area contributed by atoms with Crippen LogP contribution in [0.4, 0.5) is 0 Å². The molecular formula is C7H4BrO+. The molecule has 0 aliphatic heterocycles. The molecule has 0 radical (unpaired) electrons. The summed E-state index contributed by atoms with van der Waals surface area (Å²) in [5.41, 5.74) is 0.582.